The van der Waals surface area contributed by atoms with Gasteiger partial charge in [-0.25, -0.2) is 0 Å². The number of ether oxygens (including phenoxy) is 1. The van der Waals surface area contributed by atoms with E-state index in [-0.39, 0.29) is 11.9 Å². The van der Waals surface area contributed by atoms with Crippen molar-refractivity contribution in [3.63, 3.8) is 0 Å². The summed E-state index contributed by atoms with van der Waals surface area (Å²) in [6.07, 6.45) is 0.383. The Morgan fingerprint density at radius 3 is 2.83 bits per heavy atom. The van der Waals surface area contributed by atoms with Crippen LogP contribution in [-0.2, 0) is 11.3 Å². The average Bonchev–Trinajstić information content (AvgIpc) is 2.29. The second-order valence-corrected chi connectivity index (χ2v) is 4.50. The molecule has 0 atom stereocenters. The van der Waals surface area contributed by atoms with Gasteiger partial charge in [0, 0.05) is 12.6 Å². The third kappa shape index (κ3) is 5.68. The highest BCUT2D eigenvalue weighted by Gasteiger charge is 2.03. The van der Waals surface area contributed by atoms with Gasteiger partial charge in [0.1, 0.15) is 5.75 Å². The summed E-state index contributed by atoms with van der Waals surface area (Å²) in [6.45, 7) is 5.10. The molecule has 0 aliphatic carbocycles. The fraction of sp³-hybridized carbons (Fsp3) is 0.500. The molecule has 4 nitrogen and oxygen atoms in total. The Kier molecular flexibility index (Phi) is 6.22. The molecule has 0 aliphatic heterocycles. The van der Waals surface area contributed by atoms with Crippen LogP contribution in [-0.4, -0.2) is 25.6 Å². The number of amides is 1. The van der Waals surface area contributed by atoms with Gasteiger partial charge >= 0.3 is 0 Å². The molecular formula is C14H22N2O2. The normalized spacial score (nSPS) is 10.4. The number of hydrogen-bond donors (Lipinski definition) is 2. The minimum absolute atomic E-state index is 0.0244. The van der Waals surface area contributed by atoms with Crippen molar-refractivity contribution in [1.82, 2.24) is 10.6 Å². The number of benzene rings is 1. The predicted octanol–water partition coefficient (Wildman–Crippen LogP) is 1.70. The molecule has 0 bridgehead atoms. The van der Waals surface area contributed by atoms with Crippen LogP contribution < -0.4 is 15.4 Å². The molecule has 0 fully saturated rings. The van der Waals surface area contributed by atoms with Gasteiger partial charge < -0.3 is 15.4 Å². The first-order valence-corrected chi connectivity index (χ1v) is 6.27. The number of carbonyl (C=O) groups excluding carboxylic acids is 1. The summed E-state index contributed by atoms with van der Waals surface area (Å²) in [5.74, 6) is 0.830. The molecule has 0 saturated heterocycles. The van der Waals surface area contributed by atoms with Gasteiger partial charge in [-0.1, -0.05) is 12.1 Å². The van der Waals surface area contributed by atoms with Crippen LogP contribution >= 0.6 is 0 Å². The van der Waals surface area contributed by atoms with Gasteiger partial charge in [-0.2, -0.15) is 0 Å². The molecule has 0 heterocycles. The number of nitrogens with one attached hydrogen (secondary N) is 2. The largest absolute Gasteiger partial charge is 0.493 e. The molecule has 1 rings (SSSR count). The summed E-state index contributed by atoms with van der Waals surface area (Å²) in [5.41, 5.74) is 1.17. The number of hydrogen-bond acceptors (Lipinski definition) is 3. The number of carbonyl (C=O) groups is 1. The maximum absolute atomic E-state index is 11.4. The van der Waals surface area contributed by atoms with Crippen molar-refractivity contribution in [3.8, 4) is 5.75 Å². The third-order valence-electron chi connectivity index (χ3n) is 2.33. The van der Waals surface area contributed by atoms with E-state index in [1.165, 1.54) is 5.56 Å². The van der Waals surface area contributed by atoms with E-state index in [9.17, 15) is 4.79 Å². The molecule has 0 spiro atoms. The van der Waals surface area contributed by atoms with Crippen molar-refractivity contribution in [2.45, 2.75) is 32.9 Å². The second-order valence-electron chi connectivity index (χ2n) is 4.50. The maximum Gasteiger partial charge on any atom is 0.223 e. The zero-order valence-electron chi connectivity index (χ0n) is 11.3. The lowest BCUT2D eigenvalue weighted by Crippen LogP contribution is -2.31. The van der Waals surface area contributed by atoms with Crippen LogP contribution in [0.1, 0.15) is 25.8 Å². The standard InChI is InChI=1S/C14H22N2O2/c1-11(2)16-14(17)7-8-18-13-6-4-5-12(9-13)10-15-3/h4-6,9,11,15H,7-8,10H2,1-3H3,(H,16,17). The van der Waals surface area contributed by atoms with Crippen molar-refractivity contribution in [1.29, 1.82) is 0 Å². The van der Waals surface area contributed by atoms with E-state index in [1.54, 1.807) is 0 Å². The summed E-state index contributed by atoms with van der Waals surface area (Å²) >= 11 is 0. The van der Waals surface area contributed by atoms with Crippen LogP contribution in [0.3, 0.4) is 0 Å². The van der Waals surface area contributed by atoms with Crippen LogP contribution in [0.5, 0.6) is 5.75 Å². The topological polar surface area (TPSA) is 50.4 Å². The molecule has 4 heteroatoms. The molecular weight excluding hydrogens is 228 g/mol. The summed E-state index contributed by atoms with van der Waals surface area (Å²) in [7, 11) is 1.91. The minimum Gasteiger partial charge on any atom is -0.493 e. The van der Waals surface area contributed by atoms with Crippen molar-refractivity contribution < 1.29 is 9.53 Å². The van der Waals surface area contributed by atoms with Crippen molar-refractivity contribution in [2.75, 3.05) is 13.7 Å². The molecule has 100 valence electrons. The molecule has 1 amide bonds. The Hall–Kier alpha value is -1.55. The molecule has 0 aliphatic rings. The Morgan fingerprint density at radius 2 is 2.17 bits per heavy atom. The lowest BCUT2D eigenvalue weighted by Gasteiger charge is -2.10. The summed E-state index contributed by atoms with van der Waals surface area (Å²) < 4.78 is 5.56. The highest BCUT2D eigenvalue weighted by atomic mass is 16.5. The van der Waals surface area contributed by atoms with Crippen LogP contribution in [0.2, 0.25) is 0 Å². The molecule has 0 aromatic heterocycles. The first kappa shape index (κ1) is 14.5. The molecule has 1 aromatic carbocycles. The zero-order chi connectivity index (χ0) is 13.4. The quantitative estimate of drug-likeness (QED) is 0.774. The highest BCUT2D eigenvalue weighted by Crippen LogP contribution is 2.13. The monoisotopic (exact) mass is 250 g/mol. The first-order valence-electron chi connectivity index (χ1n) is 6.27. The van der Waals surface area contributed by atoms with E-state index in [1.807, 2.05) is 45.2 Å². The van der Waals surface area contributed by atoms with Crippen LogP contribution in [0.4, 0.5) is 0 Å². The molecule has 0 radical (unpaired) electrons. The maximum atomic E-state index is 11.4. The van der Waals surface area contributed by atoms with Gasteiger partial charge in [0.2, 0.25) is 5.91 Å². The van der Waals surface area contributed by atoms with Crippen LogP contribution in [0.25, 0.3) is 0 Å². The van der Waals surface area contributed by atoms with E-state index in [0.29, 0.717) is 13.0 Å². The van der Waals surface area contributed by atoms with Gasteiger partial charge in [-0.3, -0.25) is 4.79 Å². The van der Waals surface area contributed by atoms with E-state index < -0.39 is 0 Å². The van der Waals surface area contributed by atoms with Gasteiger partial charge in [0.05, 0.1) is 13.0 Å². The van der Waals surface area contributed by atoms with Crippen LogP contribution in [0.15, 0.2) is 24.3 Å². The minimum atomic E-state index is 0.0244. The summed E-state index contributed by atoms with van der Waals surface area (Å²) in [4.78, 5) is 11.4. The third-order valence-corrected chi connectivity index (χ3v) is 2.33. The van der Waals surface area contributed by atoms with Crippen molar-refractivity contribution in [2.24, 2.45) is 0 Å². The fourth-order valence-electron chi connectivity index (χ4n) is 1.61. The van der Waals surface area contributed by atoms with Gasteiger partial charge in [-0.05, 0) is 38.6 Å². The summed E-state index contributed by atoms with van der Waals surface area (Å²) in [6, 6.07) is 8.05. The van der Waals surface area contributed by atoms with Gasteiger partial charge in [-0.15, -0.1) is 0 Å². The van der Waals surface area contributed by atoms with Crippen molar-refractivity contribution in [3.05, 3.63) is 29.8 Å². The Labute approximate surface area is 109 Å². The molecule has 0 unspecified atom stereocenters. The van der Waals surface area contributed by atoms with Gasteiger partial charge in [0.15, 0.2) is 0 Å². The van der Waals surface area contributed by atoms with E-state index in [4.69, 9.17) is 4.74 Å². The Balaban J connectivity index is 2.34. The van der Waals surface area contributed by atoms with Gasteiger partial charge in [0.25, 0.3) is 0 Å². The second kappa shape index (κ2) is 7.71. The zero-order valence-corrected chi connectivity index (χ0v) is 11.3. The highest BCUT2D eigenvalue weighted by molar-refractivity contribution is 5.76. The van der Waals surface area contributed by atoms with Crippen LogP contribution in [0, 0.1) is 0 Å². The lowest BCUT2D eigenvalue weighted by atomic mass is 10.2. The fourth-order valence-corrected chi connectivity index (χ4v) is 1.61. The first-order chi connectivity index (χ1) is 8.61. The Bertz CT molecular complexity index is 378. The predicted molar refractivity (Wildman–Crippen MR) is 72.6 cm³/mol. The SMILES string of the molecule is CNCc1cccc(OCCC(=O)NC(C)C)c1. The molecule has 1 aromatic rings. The summed E-state index contributed by atoms with van der Waals surface area (Å²) in [5, 5.41) is 5.92. The molecule has 18 heavy (non-hydrogen) atoms. The Morgan fingerprint density at radius 1 is 1.39 bits per heavy atom. The molecule has 2 N–H and O–H groups in total. The lowest BCUT2D eigenvalue weighted by molar-refractivity contribution is -0.122. The van der Waals surface area contributed by atoms with E-state index >= 15 is 0 Å². The van der Waals surface area contributed by atoms with Crippen molar-refractivity contribution >= 4 is 5.91 Å². The average molecular weight is 250 g/mol. The van der Waals surface area contributed by atoms with E-state index in [0.717, 1.165) is 12.3 Å². The molecule has 0 saturated carbocycles. The smallest absolute Gasteiger partial charge is 0.223 e. The number of rotatable bonds is 7. The van der Waals surface area contributed by atoms with E-state index in [2.05, 4.69) is 10.6 Å².